The molecule has 1 fully saturated rings. The Labute approximate surface area is 114 Å². The van der Waals surface area contributed by atoms with Crippen LogP contribution in [0.5, 0.6) is 0 Å². The van der Waals surface area contributed by atoms with Gasteiger partial charge in [0.05, 0.1) is 21.6 Å². The SMILES string of the molecule is NC(=S)C(NC(=O)c1c(F)cccc1Cl)C1CC1. The number of hydrogen-bond donors (Lipinski definition) is 2. The summed E-state index contributed by atoms with van der Waals surface area (Å²) in [5.74, 6) is -0.975. The summed E-state index contributed by atoms with van der Waals surface area (Å²) in [6, 6.07) is 3.71. The number of nitrogens with one attached hydrogen (secondary N) is 1. The van der Waals surface area contributed by atoms with E-state index in [0.29, 0.717) is 0 Å². The molecule has 1 saturated carbocycles. The highest BCUT2D eigenvalue weighted by Crippen LogP contribution is 2.33. The minimum absolute atomic E-state index is 0.0741. The van der Waals surface area contributed by atoms with E-state index in [4.69, 9.17) is 29.6 Å². The first-order valence-corrected chi connectivity index (χ1v) is 6.33. The normalized spacial score (nSPS) is 16.1. The minimum Gasteiger partial charge on any atom is -0.392 e. The predicted molar refractivity (Wildman–Crippen MR) is 72.2 cm³/mol. The highest BCUT2D eigenvalue weighted by Gasteiger charge is 2.34. The Morgan fingerprint density at radius 2 is 2.22 bits per heavy atom. The quantitative estimate of drug-likeness (QED) is 0.835. The Balaban J connectivity index is 2.18. The molecule has 0 saturated heterocycles. The molecular weight excluding hydrogens is 275 g/mol. The first-order chi connectivity index (χ1) is 8.50. The van der Waals surface area contributed by atoms with E-state index in [-0.39, 0.29) is 27.5 Å². The fraction of sp³-hybridized carbons (Fsp3) is 0.333. The molecule has 3 nitrogen and oxygen atoms in total. The number of halogens is 2. The zero-order valence-electron chi connectivity index (χ0n) is 9.45. The molecule has 1 aliphatic rings. The van der Waals surface area contributed by atoms with E-state index in [1.54, 1.807) is 0 Å². The molecule has 0 radical (unpaired) electrons. The fourth-order valence-corrected chi connectivity index (χ4v) is 2.28. The zero-order valence-corrected chi connectivity index (χ0v) is 11.0. The van der Waals surface area contributed by atoms with Gasteiger partial charge in [0.15, 0.2) is 0 Å². The van der Waals surface area contributed by atoms with E-state index in [9.17, 15) is 9.18 Å². The Kier molecular flexibility index (Phi) is 3.82. The molecule has 6 heteroatoms. The van der Waals surface area contributed by atoms with Gasteiger partial charge in [0, 0.05) is 0 Å². The molecule has 1 aliphatic carbocycles. The summed E-state index contributed by atoms with van der Waals surface area (Å²) in [6.45, 7) is 0. The van der Waals surface area contributed by atoms with E-state index in [0.717, 1.165) is 12.8 Å². The van der Waals surface area contributed by atoms with Crippen molar-refractivity contribution in [2.45, 2.75) is 18.9 Å². The summed E-state index contributed by atoms with van der Waals surface area (Å²) >= 11 is 10.7. The molecule has 1 amide bonds. The van der Waals surface area contributed by atoms with Gasteiger partial charge < -0.3 is 11.1 Å². The minimum atomic E-state index is -0.655. The van der Waals surface area contributed by atoms with Crippen molar-refractivity contribution in [3.8, 4) is 0 Å². The van der Waals surface area contributed by atoms with Gasteiger partial charge in [-0.1, -0.05) is 29.9 Å². The Morgan fingerprint density at radius 3 is 2.72 bits per heavy atom. The second kappa shape index (κ2) is 5.20. The van der Waals surface area contributed by atoms with Crippen molar-refractivity contribution < 1.29 is 9.18 Å². The van der Waals surface area contributed by atoms with E-state index in [1.807, 2.05) is 0 Å². The molecule has 1 unspecified atom stereocenters. The standard InChI is InChI=1S/C12H12ClFN2OS/c13-7-2-1-3-8(14)9(7)12(17)16-10(11(15)18)6-4-5-6/h1-3,6,10H,4-5H2,(H2,15,18)(H,16,17). The smallest absolute Gasteiger partial charge is 0.256 e. The maximum Gasteiger partial charge on any atom is 0.256 e. The van der Waals surface area contributed by atoms with Crippen molar-refractivity contribution in [2.75, 3.05) is 0 Å². The predicted octanol–water partition coefficient (Wildman–Crippen LogP) is 2.27. The van der Waals surface area contributed by atoms with Gasteiger partial charge in [0.1, 0.15) is 5.82 Å². The van der Waals surface area contributed by atoms with Crippen LogP contribution in [0, 0.1) is 11.7 Å². The summed E-state index contributed by atoms with van der Waals surface area (Å²) in [5.41, 5.74) is 5.40. The molecular formula is C12H12ClFN2OS. The first kappa shape index (κ1) is 13.2. The molecule has 1 aromatic rings. The van der Waals surface area contributed by atoms with Crippen molar-refractivity contribution in [3.05, 3.63) is 34.6 Å². The van der Waals surface area contributed by atoms with E-state index in [2.05, 4.69) is 5.32 Å². The lowest BCUT2D eigenvalue weighted by Crippen LogP contribution is -2.45. The summed E-state index contributed by atoms with van der Waals surface area (Å²) in [6.07, 6.45) is 1.93. The highest BCUT2D eigenvalue weighted by molar-refractivity contribution is 7.80. The molecule has 0 heterocycles. The molecule has 3 N–H and O–H groups in total. The maximum atomic E-state index is 13.6. The van der Waals surface area contributed by atoms with Crippen LogP contribution in [-0.4, -0.2) is 16.9 Å². The van der Waals surface area contributed by atoms with Crippen LogP contribution in [0.4, 0.5) is 4.39 Å². The summed E-state index contributed by atoms with van der Waals surface area (Å²) in [5, 5.41) is 2.72. The highest BCUT2D eigenvalue weighted by atomic mass is 35.5. The van der Waals surface area contributed by atoms with Crippen LogP contribution in [0.2, 0.25) is 5.02 Å². The van der Waals surface area contributed by atoms with Gasteiger partial charge in [0.25, 0.3) is 5.91 Å². The number of benzene rings is 1. The average molecular weight is 287 g/mol. The fourth-order valence-electron chi connectivity index (χ4n) is 1.78. The number of amides is 1. The maximum absolute atomic E-state index is 13.6. The van der Waals surface area contributed by atoms with Crippen LogP contribution in [0.25, 0.3) is 0 Å². The van der Waals surface area contributed by atoms with Crippen molar-refractivity contribution in [1.29, 1.82) is 0 Å². The van der Waals surface area contributed by atoms with Gasteiger partial charge in [-0.05, 0) is 30.9 Å². The Hall–Kier alpha value is -1.20. The van der Waals surface area contributed by atoms with Gasteiger partial charge in [-0.2, -0.15) is 0 Å². The molecule has 0 aromatic heterocycles. The van der Waals surface area contributed by atoms with Crippen molar-refractivity contribution >= 4 is 34.7 Å². The topological polar surface area (TPSA) is 55.1 Å². The summed E-state index contributed by atoms with van der Waals surface area (Å²) in [7, 11) is 0. The van der Waals surface area contributed by atoms with Gasteiger partial charge in [-0.15, -0.1) is 0 Å². The second-order valence-electron chi connectivity index (χ2n) is 4.29. The number of carbonyl (C=O) groups excluding carboxylic acids is 1. The summed E-state index contributed by atoms with van der Waals surface area (Å²) in [4.78, 5) is 12.2. The lowest BCUT2D eigenvalue weighted by Gasteiger charge is -2.17. The third-order valence-corrected chi connectivity index (χ3v) is 3.45. The average Bonchev–Trinajstić information content (AvgIpc) is 3.09. The third-order valence-electron chi connectivity index (χ3n) is 2.88. The van der Waals surface area contributed by atoms with Crippen LogP contribution in [0.15, 0.2) is 18.2 Å². The van der Waals surface area contributed by atoms with Gasteiger partial charge in [0.2, 0.25) is 0 Å². The molecule has 18 heavy (non-hydrogen) atoms. The molecule has 96 valence electrons. The van der Waals surface area contributed by atoms with Crippen LogP contribution in [-0.2, 0) is 0 Å². The third kappa shape index (κ3) is 2.79. The van der Waals surface area contributed by atoms with Crippen LogP contribution in [0.1, 0.15) is 23.2 Å². The van der Waals surface area contributed by atoms with E-state index >= 15 is 0 Å². The lowest BCUT2D eigenvalue weighted by atomic mass is 10.1. The molecule has 0 bridgehead atoms. The lowest BCUT2D eigenvalue weighted by molar-refractivity contribution is 0.0940. The molecule has 0 spiro atoms. The molecule has 1 atom stereocenters. The van der Waals surface area contributed by atoms with Crippen molar-refractivity contribution in [3.63, 3.8) is 0 Å². The van der Waals surface area contributed by atoms with Gasteiger partial charge >= 0.3 is 0 Å². The number of rotatable bonds is 4. The first-order valence-electron chi connectivity index (χ1n) is 5.55. The van der Waals surface area contributed by atoms with Crippen molar-refractivity contribution in [1.82, 2.24) is 5.32 Å². The largest absolute Gasteiger partial charge is 0.392 e. The number of thiocarbonyl (C=S) groups is 1. The van der Waals surface area contributed by atoms with Gasteiger partial charge in [-0.3, -0.25) is 4.79 Å². The van der Waals surface area contributed by atoms with Crippen LogP contribution >= 0.6 is 23.8 Å². The van der Waals surface area contributed by atoms with Crippen LogP contribution < -0.4 is 11.1 Å². The number of nitrogens with two attached hydrogens (primary N) is 1. The summed E-state index contributed by atoms with van der Waals surface area (Å²) < 4.78 is 13.6. The molecule has 1 aromatic carbocycles. The Morgan fingerprint density at radius 1 is 1.56 bits per heavy atom. The zero-order chi connectivity index (χ0) is 13.3. The van der Waals surface area contributed by atoms with Gasteiger partial charge in [-0.25, -0.2) is 4.39 Å². The Bertz CT molecular complexity index is 485. The van der Waals surface area contributed by atoms with E-state index < -0.39 is 11.7 Å². The number of carbonyl (C=O) groups is 1. The number of hydrogen-bond acceptors (Lipinski definition) is 2. The molecule has 0 aliphatic heterocycles. The van der Waals surface area contributed by atoms with E-state index in [1.165, 1.54) is 18.2 Å². The van der Waals surface area contributed by atoms with Crippen molar-refractivity contribution in [2.24, 2.45) is 11.7 Å². The monoisotopic (exact) mass is 286 g/mol. The molecule has 2 rings (SSSR count). The van der Waals surface area contributed by atoms with Crippen LogP contribution in [0.3, 0.4) is 0 Å². The second-order valence-corrected chi connectivity index (χ2v) is 5.17.